The van der Waals surface area contributed by atoms with Crippen LogP contribution in [0.4, 0.5) is 9.52 Å². The number of nitrogens with zero attached hydrogens (tertiary/aromatic N) is 4. The second-order valence-corrected chi connectivity index (χ2v) is 8.01. The predicted molar refractivity (Wildman–Crippen MR) is 112 cm³/mol. The average Bonchev–Trinajstić information content (AvgIpc) is 3.28. The lowest BCUT2D eigenvalue weighted by Gasteiger charge is -2.04. The Morgan fingerprint density at radius 1 is 1.28 bits per heavy atom. The summed E-state index contributed by atoms with van der Waals surface area (Å²) < 4.78 is 21.8. The van der Waals surface area contributed by atoms with E-state index in [-0.39, 0.29) is 17.5 Å². The van der Waals surface area contributed by atoms with E-state index >= 15 is 0 Å². The second-order valence-electron chi connectivity index (χ2n) is 6.03. The van der Waals surface area contributed by atoms with Gasteiger partial charge in [-0.2, -0.15) is 0 Å². The smallest absolute Gasteiger partial charge is 0.236 e. The highest BCUT2D eigenvalue weighted by atomic mass is 32.2. The van der Waals surface area contributed by atoms with Gasteiger partial charge < -0.3 is 14.6 Å². The summed E-state index contributed by atoms with van der Waals surface area (Å²) >= 11 is 2.60. The number of carbonyl (C=O) groups is 1. The molecule has 2 aromatic carbocycles. The molecule has 0 bridgehead atoms. The highest BCUT2D eigenvalue weighted by Gasteiger charge is 2.16. The largest absolute Gasteiger partial charge is 0.497 e. The third-order valence-electron chi connectivity index (χ3n) is 4.12. The monoisotopic (exact) mass is 429 g/mol. The molecule has 0 radical (unpaired) electrons. The van der Waals surface area contributed by atoms with E-state index < -0.39 is 0 Å². The van der Waals surface area contributed by atoms with Crippen LogP contribution in [0.3, 0.4) is 0 Å². The fourth-order valence-corrected chi connectivity index (χ4v) is 4.31. The molecule has 1 amide bonds. The molecule has 29 heavy (non-hydrogen) atoms. The molecule has 7 nitrogen and oxygen atoms in total. The van der Waals surface area contributed by atoms with Crippen LogP contribution in [0.5, 0.6) is 5.75 Å². The van der Waals surface area contributed by atoms with Gasteiger partial charge >= 0.3 is 0 Å². The fourth-order valence-electron chi connectivity index (χ4n) is 2.69. The Balaban J connectivity index is 1.42. The molecule has 0 aliphatic rings. The van der Waals surface area contributed by atoms with E-state index in [1.165, 1.54) is 29.2 Å². The molecule has 2 heterocycles. The minimum absolute atomic E-state index is 0.127. The van der Waals surface area contributed by atoms with Crippen molar-refractivity contribution in [3.63, 3.8) is 0 Å². The Hall–Kier alpha value is -2.98. The Morgan fingerprint density at radius 3 is 2.90 bits per heavy atom. The van der Waals surface area contributed by atoms with E-state index in [0.29, 0.717) is 21.7 Å². The van der Waals surface area contributed by atoms with Gasteiger partial charge in [0.15, 0.2) is 16.1 Å². The first-order valence-electron chi connectivity index (χ1n) is 8.56. The van der Waals surface area contributed by atoms with Crippen molar-refractivity contribution in [2.24, 2.45) is 7.05 Å². The van der Waals surface area contributed by atoms with Crippen molar-refractivity contribution in [3.8, 4) is 17.1 Å². The number of thiazole rings is 1. The zero-order chi connectivity index (χ0) is 20.4. The maximum Gasteiger partial charge on any atom is 0.236 e. The second kappa shape index (κ2) is 8.18. The molecule has 2 aromatic heterocycles. The van der Waals surface area contributed by atoms with Crippen molar-refractivity contribution < 1.29 is 13.9 Å². The third kappa shape index (κ3) is 4.08. The van der Waals surface area contributed by atoms with Crippen molar-refractivity contribution in [2.45, 2.75) is 5.16 Å². The van der Waals surface area contributed by atoms with Gasteiger partial charge in [-0.3, -0.25) is 4.79 Å². The van der Waals surface area contributed by atoms with E-state index in [1.54, 1.807) is 36.9 Å². The lowest BCUT2D eigenvalue weighted by molar-refractivity contribution is -0.113. The summed E-state index contributed by atoms with van der Waals surface area (Å²) in [5.41, 5.74) is 1.16. The summed E-state index contributed by atoms with van der Waals surface area (Å²) in [6, 6.07) is 11.9. The molecule has 10 heteroatoms. The van der Waals surface area contributed by atoms with Crippen LogP contribution >= 0.6 is 23.1 Å². The Labute approximate surface area is 173 Å². The first kappa shape index (κ1) is 19.3. The van der Waals surface area contributed by atoms with E-state index in [2.05, 4.69) is 20.5 Å². The van der Waals surface area contributed by atoms with Gasteiger partial charge in [0, 0.05) is 7.05 Å². The summed E-state index contributed by atoms with van der Waals surface area (Å²) in [4.78, 5) is 16.7. The molecule has 148 valence electrons. The number of ether oxygens (including phenoxy) is 1. The van der Waals surface area contributed by atoms with E-state index in [4.69, 9.17) is 4.74 Å². The van der Waals surface area contributed by atoms with Crippen LogP contribution < -0.4 is 10.1 Å². The maximum atomic E-state index is 14.0. The quantitative estimate of drug-likeness (QED) is 0.467. The Kier molecular flexibility index (Phi) is 5.45. The molecule has 0 unspecified atom stereocenters. The number of hydrogen-bond acceptors (Lipinski definition) is 7. The molecule has 0 aliphatic carbocycles. The van der Waals surface area contributed by atoms with Crippen molar-refractivity contribution >= 4 is 44.4 Å². The summed E-state index contributed by atoms with van der Waals surface area (Å²) in [5, 5.41) is 12.0. The lowest BCUT2D eigenvalue weighted by Crippen LogP contribution is -2.14. The number of thioether (sulfide) groups is 1. The summed E-state index contributed by atoms with van der Waals surface area (Å²) in [6.07, 6.45) is 0. The number of methoxy groups -OCH3 is 1. The summed E-state index contributed by atoms with van der Waals surface area (Å²) in [7, 11) is 3.34. The van der Waals surface area contributed by atoms with Gasteiger partial charge in [0.05, 0.1) is 28.6 Å². The molecule has 0 spiro atoms. The van der Waals surface area contributed by atoms with Gasteiger partial charge in [-0.05, 0) is 30.3 Å². The van der Waals surface area contributed by atoms with Crippen LogP contribution in [-0.2, 0) is 11.8 Å². The van der Waals surface area contributed by atoms with Gasteiger partial charge in [-0.25, -0.2) is 9.37 Å². The third-order valence-corrected chi connectivity index (χ3v) is 6.08. The van der Waals surface area contributed by atoms with Crippen molar-refractivity contribution in [1.82, 2.24) is 19.7 Å². The number of fused-ring (bicyclic) bond motifs is 1. The number of carbonyl (C=O) groups excluding carboxylic acids is 1. The van der Waals surface area contributed by atoms with Gasteiger partial charge in [0.1, 0.15) is 11.6 Å². The van der Waals surface area contributed by atoms with E-state index in [1.807, 2.05) is 18.2 Å². The molecule has 4 aromatic rings. The van der Waals surface area contributed by atoms with Gasteiger partial charge in [-0.15, -0.1) is 10.2 Å². The first-order chi connectivity index (χ1) is 14.0. The van der Waals surface area contributed by atoms with Crippen LogP contribution in [0, 0.1) is 5.82 Å². The molecule has 1 N–H and O–H groups in total. The van der Waals surface area contributed by atoms with Crippen molar-refractivity contribution in [2.75, 3.05) is 18.2 Å². The number of halogens is 1. The molecular formula is C19H16FN5O2S2. The minimum Gasteiger partial charge on any atom is -0.497 e. The standard InChI is InChI=1S/C19H16FN5O2S2/c1-25-17(12-5-3-4-6-13(12)20)23-24-19(25)28-10-16(26)22-18-21-14-8-7-11(27-2)9-15(14)29-18/h3-9H,10H2,1-2H3,(H,21,22,26). The van der Waals surface area contributed by atoms with Crippen LogP contribution in [0.25, 0.3) is 21.6 Å². The highest BCUT2D eigenvalue weighted by molar-refractivity contribution is 7.99. The van der Waals surface area contributed by atoms with Crippen LogP contribution in [0.1, 0.15) is 0 Å². The number of benzene rings is 2. The molecule has 0 saturated heterocycles. The van der Waals surface area contributed by atoms with Crippen LogP contribution in [0.15, 0.2) is 47.6 Å². The Morgan fingerprint density at radius 2 is 2.10 bits per heavy atom. The lowest BCUT2D eigenvalue weighted by atomic mass is 10.2. The fraction of sp³-hybridized carbons (Fsp3) is 0.158. The average molecular weight is 430 g/mol. The SMILES string of the molecule is COc1ccc2nc(NC(=O)CSc3nnc(-c4ccccc4F)n3C)sc2c1. The molecular weight excluding hydrogens is 413 g/mol. The number of aromatic nitrogens is 4. The number of amides is 1. The molecule has 0 fully saturated rings. The summed E-state index contributed by atoms with van der Waals surface area (Å²) in [5.74, 6) is 0.692. The number of nitrogens with one attached hydrogen (secondary N) is 1. The number of anilines is 1. The molecule has 0 saturated carbocycles. The first-order valence-corrected chi connectivity index (χ1v) is 10.4. The van der Waals surface area contributed by atoms with Crippen LogP contribution in [-0.4, -0.2) is 38.5 Å². The number of hydrogen-bond donors (Lipinski definition) is 1. The zero-order valence-corrected chi connectivity index (χ0v) is 17.2. The molecule has 0 aliphatic heterocycles. The maximum absolute atomic E-state index is 14.0. The van der Waals surface area contributed by atoms with Crippen LogP contribution in [0.2, 0.25) is 0 Å². The molecule has 0 atom stereocenters. The van der Waals surface area contributed by atoms with Crippen molar-refractivity contribution in [1.29, 1.82) is 0 Å². The number of rotatable bonds is 6. The summed E-state index contributed by atoms with van der Waals surface area (Å²) in [6.45, 7) is 0. The normalized spacial score (nSPS) is 11.0. The van der Waals surface area contributed by atoms with Gasteiger partial charge in [0.25, 0.3) is 0 Å². The molecule has 4 rings (SSSR count). The van der Waals surface area contributed by atoms with E-state index in [0.717, 1.165) is 16.0 Å². The minimum atomic E-state index is -0.371. The topological polar surface area (TPSA) is 81.9 Å². The van der Waals surface area contributed by atoms with Gasteiger partial charge in [-0.1, -0.05) is 35.2 Å². The highest BCUT2D eigenvalue weighted by Crippen LogP contribution is 2.29. The van der Waals surface area contributed by atoms with Gasteiger partial charge in [0.2, 0.25) is 5.91 Å². The predicted octanol–water partition coefficient (Wildman–Crippen LogP) is 3.97. The Bertz CT molecular complexity index is 1190. The zero-order valence-electron chi connectivity index (χ0n) is 15.5. The van der Waals surface area contributed by atoms with E-state index in [9.17, 15) is 9.18 Å². The van der Waals surface area contributed by atoms with Crippen molar-refractivity contribution in [3.05, 3.63) is 48.3 Å².